The number of carbonyl (C=O) groups excluding carboxylic acids is 3. The third kappa shape index (κ3) is 7.58. The Morgan fingerprint density at radius 3 is 2.36 bits per heavy atom. The van der Waals surface area contributed by atoms with Gasteiger partial charge in [-0.25, -0.2) is 9.59 Å². The van der Waals surface area contributed by atoms with Crippen LogP contribution >= 0.6 is 22.9 Å². The number of benzene rings is 1. The molecule has 1 aromatic carbocycles. The molecule has 0 bridgehead atoms. The summed E-state index contributed by atoms with van der Waals surface area (Å²) < 4.78 is 46.8. The van der Waals surface area contributed by atoms with E-state index in [1.165, 1.54) is 16.2 Å². The zero-order valence-electron chi connectivity index (χ0n) is 25.7. The standard InChI is InChI=1S/C31H38ClF3N6O5S/c32-24-16-19(15-23(26(24)42)31(33,34)35)17-25(28(43)39-8-1-21(2-9-39)38-12-6-36-7-13-38)46-30(45)40-10-3-22(4-11-40)41-18-20-5-14-47-27(20)37-29(41)44/h5,14-16,21-22,25,36,42H,1-4,6-13,17-18H2,(H,37,44)/t25-/m1/s1. The van der Waals surface area contributed by atoms with E-state index in [-0.39, 0.29) is 37.1 Å². The number of thiophene rings is 1. The fourth-order valence-corrected chi connectivity index (χ4v) is 7.97. The number of urea groups is 1. The maximum Gasteiger partial charge on any atom is 0.420 e. The molecule has 1 atom stereocenters. The summed E-state index contributed by atoms with van der Waals surface area (Å²) in [5.74, 6) is -1.58. The van der Waals surface area contributed by atoms with E-state index in [1.54, 1.807) is 9.80 Å². The number of carbonyl (C=O) groups is 3. The number of phenols is 1. The molecule has 5 heterocycles. The van der Waals surface area contributed by atoms with Gasteiger partial charge in [0.2, 0.25) is 0 Å². The first-order chi connectivity index (χ1) is 22.5. The molecule has 47 heavy (non-hydrogen) atoms. The van der Waals surface area contributed by atoms with Gasteiger partial charge in [0.05, 0.1) is 17.1 Å². The van der Waals surface area contributed by atoms with E-state index < -0.39 is 40.6 Å². The second kappa shape index (κ2) is 14.1. The molecule has 2 aromatic rings. The number of phenolic OH excluding ortho intramolecular Hbond substituents is 1. The number of ether oxygens (including phenoxy) is 1. The van der Waals surface area contributed by atoms with Crippen LogP contribution in [-0.4, -0.2) is 113 Å². The number of aromatic hydroxyl groups is 1. The van der Waals surface area contributed by atoms with Crippen molar-refractivity contribution in [2.75, 3.05) is 57.7 Å². The van der Waals surface area contributed by atoms with Crippen LogP contribution in [0.1, 0.15) is 42.4 Å². The Kier molecular flexibility index (Phi) is 10.1. The van der Waals surface area contributed by atoms with Gasteiger partial charge in [-0.3, -0.25) is 15.0 Å². The largest absolute Gasteiger partial charge is 0.506 e. The van der Waals surface area contributed by atoms with Crippen LogP contribution in [-0.2, 0) is 28.7 Å². The highest BCUT2D eigenvalue weighted by atomic mass is 35.5. The number of halogens is 4. The summed E-state index contributed by atoms with van der Waals surface area (Å²) in [6.45, 7) is 5.58. The van der Waals surface area contributed by atoms with E-state index in [2.05, 4.69) is 15.5 Å². The van der Waals surface area contributed by atoms with Crippen molar-refractivity contribution in [1.29, 1.82) is 0 Å². The predicted octanol–water partition coefficient (Wildman–Crippen LogP) is 4.58. The van der Waals surface area contributed by atoms with Crippen molar-refractivity contribution >= 4 is 46.0 Å². The maximum absolute atomic E-state index is 13.9. The Morgan fingerprint density at radius 1 is 1.02 bits per heavy atom. The highest BCUT2D eigenvalue weighted by molar-refractivity contribution is 7.14. The molecule has 11 nitrogen and oxygen atoms in total. The van der Waals surface area contributed by atoms with Gasteiger partial charge in [-0.15, -0.1) is 11.3 Å². The molecule has 0 unspecified atom stereocenters. The summed E-state index contributed by atoms with van der Waals surface area (Å²) in [5, 5.41) is 18.5. The molecule has 256 valence electrons. The summed E-state index contributed by atoms with van der Waals surface area (Å²) >= 11 is 7.43. The molecule has 4 amide bonds. The molecule has 4 aliphatic rings. The lowest BCUT2D eigenvalue weighted by molar-refractivity contribution is -0.142. The molecule has 4 aliphatic heterocycles. The number of fused-ring (bicyclic) bond motifs is 1. The Hall–Kier alpha value is -3.27. The summed E-state index contributed by atoms with van der Waals surface area (Å²) in [4.78, 5) is 47.3. The van der Waals surface area contributed by atoms with Gasteiger partial charge in [0.1, 0.15) is 10.8 Å². The third-order valence-corrected chi connectivity index (χ3v) is 10.7. The first kappa shape index (κ1) is 33.6. The van der Waals surface area contributed by atoms with Gasteiger partial charge in [-0.05, 0) is 54.8 Å². The van der Waals surface area contributed by atoms with Gasteiger partial charge >= 0.3 is 18.3 Å². The van der Waals surface area contributed by atoms with Crippen molar-refractivity contribution in [3.05, 3.63) is 45.3 Å². The molecule has 0 aliphatic carbocycles. The van der Waals surface area contributed by atoms with E-state index in [0.29, 0.717) is 38.5 Å². The van der Waals surface area contributed by atoms with Crippen LogP contribution in [0.25, 0.3) is 0 Å². The smallest absolute Gasteiger partial charge is 0.420 e. The zero-order chi connectivity index (χ0) is 33.3. The number of nitrogens with one attached hydrogen (secondary N) is 2. The van der Waals surface area contributed by atoms with Crippen LogP contribution in [0.5, 0.6) is 5.75 Å². The number of hydrogen-bond donors (Lipinski definition) is 3. The predicted molar refractivity (Wildman–Crippen MR) is 170 cm³/mol. The van der Waals surface area contributed by atoms with Crippen LogP contribution in [0.15, 0.2) is 23.6 Å². The first-order valence-electron chi connectivity index (χ1n) is 15.9. The maximum atomic E-state index is 13.9. The second-order valence-corrected chi connectivity index (χ2v) is 13.8. The molecule has 0 saturated carbocycles. The van der Waals surface area contributed by atoms with E-state index in [0.717, 1.165) is 61.7 Å². The minimum absolute atomic E-state index is 0.00426. The molecular weight excluding hydrogens is 661 g/mol. The summed E-state index contributed by atoms with van der Waals surface area (Å²) in [6, 6.07) is 3.91. The number of likely N-dealkylation sites (tertiary alicyclic amines) is 2. The van der Waals surface area contributed by atoms with Crippen molar-refractivity contribution in [2.45, 2.75) is 63.0 Å². The molecule has 3 saturated heterocycles. The molecule has 0 radical (unpaired) electrons. The second-order valence-electron chi connectivity index (χ2n) is 12.4. The lowest BCUT2D eigenvalue weighted by Gasteiger charge is -2.41. The van der Waals surface area contributed by atoms with Crippen molar-refractivity contribution in [2.24, 2.45) is 0 Å². The average molecular weight is 699 g/mol. The van der Waals surface area contributed by atoms with E-state index >= 15 is 0 Å². The number of hydrogen-bond acceptors (Lipinski definition) is 8. The van der Waals surface area contributed by atoms with Gasteiger partial charge < -0.3 is 29.9 Å². The average Bonchev–Trinajstić information content (AvgIpc) is 3.52. The van der Waals surface area contributed by atoms with Crippen LogP contribution in [0.2, 0.25) is 5.02 Å². The molecular formula is C31H38ClF3N6O5S. The van der Waals surface area contributed by atoms with E-state index in [9.17, 15) is 32.7 Å². The Morgan fingerprint density at radius 2 is 1.68 bits per heavy atom. The van der Waals surface area contributed by atoms with Crippen LogP contribution in [0.3, 0.4) is 0 Å². The van der Waals surface area contributed by atoms with Crippen molar-refractivity contribution in [1.82, 2.24) is 24.9 Å². The number of piperazine rings is 1. The van der Waals surface area contributed by atoms with E-state index in [1.807, 2.05) is 11.4 Å². The molecule has 1 aromatic heterocycles. The normalized spacial score (nSPS) is 20.9. The number of nitrogens with zero attached hydrogens (tertiary/aromatic N) is 4. The van der Waals surface area contributed by atoms with Gasteiger partial charge in [0, 0.05) is 76.4 Å². The van der Waals surface area contributed by atoms with Crippen LogP contribution in [0, 0.1) is 0 Å². The van der Waals surface area contributed by atoms with Gasteiger partial charge in [-0.1, -0.05) is 11.6 Å². The van der Waals surface area contributed by atoms with Crippen LogP contribution < -0.4 is 10.6 Å². The SMILES string of the molecule is O=C(O[C@H](Cc1cc(Cl)c(O)c(C(F)(F)F)c1)C(=O)N1CCC(N2CCNCC2)CC1)N1CCC(N2Cc3ccsc3NC2=O)CC1. The fraction of sp³-hybridized carbons (Fsp3) is 0.581. The Bertz CT molecular complexity index is 1470. The van der Waals surface area contributed by atoms with Crippen molar-refractivity contribution in [3.63, 3.8) is 0 Å². The number of amides is 4. The fourth-order valence-electron chi connectivity index (χ4n) is 6.93. The Labute approximate surface area is 279 Å². The highest BCUT2D eigenvalue weighted by Crippen LogP contribution is 2.41. The molecule has 6 rings (SSSR count). The molecule has 3 N–H and O–H groups in total. The number of rotatable bonds is 6. The summed E-state index contributed by atoms with van der Waals surface area (Å²) in [6.07, 6.45) is -4.90. The number of piperidine rings is 2. The van der Waals surface area contributed by atoms with Crippen molar-refractivity contribution < 1.29 is 37.4 Å². The van der Waals surface area contributed by atoms with Gasteiger partial charge in [0.25, 0.3) is 5.91 Å². The minimum Gasteiger partial charge on any atom is -0.506 e. The third-order valence-electron chi connectivity index (χ3n) is 9.54. The van der Waals surface area contributed by atoms with Gasteiger partial charge in [-0.2, -0.15) is 13.2 Å². The van der Waals surface area contributed by atoms with Crippen molar-refractivity contribution in [3.8, 4) is 5.75 Å². The van der Waals surface area contributed by atoms with Crippen LogP contribution in [0.4, 0.5) is 27.8 Å². The number of alkyl halides is 3. The lowest BCUT2D eigenvalue weighted by atomic mass is 9.99. The lowest BCUT2D eigenvalue weighted by Crippen LogP contribution is -2.54. The monoisotopic (exact) mass is 698 g/mol. The topological polar surface area (TPSA) is 118 Å². The molecule has 0 spiro atoms. The summed E-state index contributed by atoms with van der Waals surface area (Å²) in [7, 11) is 0. The van der Waals surface area contributed by atoms with Gasteiger partial charge in [0.15, 0.2) is 6.10 Å². The quantitative estimate of drug-likeness (QED) is 0.405. The Balaban J connectivity index is 1.13. The number of anilines is 1. The molecule has 16 heteroatoms. The first-order valence-corrected chi connectivity index (χ1v) is 17.2. The molecule has 3 fully saturated rings. The highest BCUT2D eigenvalue weighted by Gasteiger charge is 2.39. The zero-order valence-corrected chi connectivity index (χ0v) is 27.3. The minimum atomic E-state index is -4.88. The summed E-state index contributed by atoms with van der Waals surface area (Å²) in [5.41, 5.74) is -0.282. The van der Waals surface area contributed by atoms with E-state index in [4.69, 9.17) is 16.3 Å².